The molecular weight excluding hydrogens is 318 g/mol. The minimum atomic E-state index is -0.892. The van der Waals surface area contributed by atoms with Crippen molar-refractivity contribution < 1.29 is 18.7 Å². The zero-order chi connectivity index (χ0) is 13.8. The van der Waals surface area contributed by atoms with Crippen molar-refractivity contribution in [3.63, 3.8) is 0 Å². The number of hydrogen-bond donors (Lipinski definition) is 1. The Morgan fingerprint density at radius 2 is 2.21 bits per heavy atom. The lowest BCUT2D eigenvalue weighted by atomic mass is 10.4. The maximum Gasteiger partial charge on any atom is 0.317 e. The number of carboxylic acids is 1. The third kappa shape index (κ3) is 3.65. The molecule has 0 unspecified atom stereocenters. The van der Waals surface area contributed by atoms with Gasteiger partial charge in [-0.15, -0.1) is 10.2 Å². The Kier molecular flexibility index (Phi) is 4.33. The Bertz CT molecular complexity index is 566. The SMILES string of the molecule is CCN(CC(=O)O)Cc1nnc(-c2ccc(Br)o2)o1. The Morgan fingerprint density at radius 1 is 1.42 bits per heavy atom. The van der Waals surface area contributed by atoms with Gasteiger partial charge in [-0.25, -0.2) is 0 Å². The number of rotatable bonds is 6. The first-order chi connectivity index (χ1) is 9.08. The highest BCUT2D eigenvalue weighted by Gasteiger charge is 2.15. The largest absolute Gasteiger partial charge is 0.480 e. The van der Waals surface area contributed by atoms with Gasteiger partial charge in [-0.3, -0.25) is 9.69 Å². The van der Waals surface area contributed by atoms with Crippen molar-refractivity contribution in [3.8, 4) is 11.7 Å². The Morgan fingerprint density at radius 3 is 2.79 bits per heavy atom. The molecule has 0 aliphatic heterocycles. The number of aromatic nitrogens is 2. The fraction of sp³-hybridized carbons (Fsp3) is 0.364. The molecule has 0 aromatic carbocycles. The van der Waals surface area contributed by atoms with Crippen molar-refractivity contribution in [2.45, 2.75) is 13.5 Å². The molecule has 0 spiro atoms. The highest BCUT2D eigenvalue weighted by atomic mass is 79.9. The van der Waals surface area contributed by atoms with Gasteiger partial charge in [0, 0.05) is 0 Å². The summed E-state index contributed by atoms with van der Waals surface area (Å²) in [5, 5.41) is 16.5. The highest BCUT2D eigenvalue weighted by molar-refractivity contribution is 9.10. The quantitative estimate of drug-likeness (QED) is 0.866. The first-order valence-electron chi connectivity index (χ1n) is 5.60. The van der Waals surface area contributed by atoms with Gasteiger partial charge in [0.2, 0.25) is 5.89 Å². The molecule has 7 nitrogen and oxygen atoms in total. The van der Waals surface area contributed by atoms with Crippen LogP contribution in [0.5, 0.6) is 0 Å². The Labute approximate surface area is 117 Å². The minimum absolute atomic E-state index is 0.0689. The van der Waals surface area contributed by atoms with Crippen molar-refractivity contribution in [1.82, 2.24) is 15.1 Å². The van der Waals surface area contributed by atoms with Gasteiger partial charge in [0.25, 0.3) is 5.89 Å². The van der Waals surface area contributed by atoms with Crippen molar-refractivity contribution in [2.24, 2.45) is 0 Å². The Hall–Kier alpha value is -1.67. The number of hydrogen-bond acceptors (Lipinski definition) is 6. The van der Waals surface area contributed by atoms with Gasteiger partial charge in [0.05, 0.1) is 13.1 Å². The molecule has 0 bridgehead atoms. The second-order valence-corrected chi connectivity index (χ2v) is 4.58. The molecule has 0 atom stereocenters. The molecule has 0 aliphatic rings. The van der Waals surface area contributed by atoms with E-state index < -0.39 is 5.97 Å². The summed E-state index contributed by atoms with van der Waals surface area (Å²) in [5.41, 5.74) is 0. The van der Waals surface area contributed by atoms with Gasteiger partial charge < -0.3 is 13.9 Å². The number of carboxylic acid groups (broad SMARTS) is 1. The van der Waals surface area contributed by atoms with E-state index in [2.05, 4.69) is 26.1 Å². The summed E-state index contributed by atoms with van der Waals surface area (Å²) in [7, 11) is 0. The fourth-order valence-corrected chi connectivity index (χ4v) is 1.81. The summed E-state index contributed by atoms with van der Waals surface area (Å²) < 4.78 is 11.3. The molecule has 8 heteroatoms. The average Bonchev–Trinajstić information content (AvgIpc) is 2.96. The summed E-state index contributed by atoms with van der Waals surface area (Å²) in [5.74, 6) is 0.196. The summed E-state index contributed by atoms with van der Waals surface area (Å²) in [6.07, 6.45) is 0. The summed E-state index contributed by atoms with van der Waals surface area (Å²) >= 11 is 3.18. The third-order valence-corrected chi connectivity index (χ3v) is 2.84. The summed E-state index contributed by atoms with van der Waals surface area (Å²) in [6, 6.07) is 3.43. The fourth-order valence-electron chi connectivity index (χ4n) is 1.51. The molecule has 2 heterocycles. The number of likely N-dealkylation sites (N-methyl/N-ethyl adjacent to an activating group) is 1. The predicted octanol–water partition coefficient (Wildman–Crippen LogP) is 2.00. The zero-order valence-electron chi connectivity index (χ0n) is 10.2. The van der Waals surface area contributed by atoms with Crippen molar-refractivity contribution in [1.29, 1.82) is 0 Å². The molecule has 0 saturated heterocycles. The maximum atomic E-state index is 10.7. The first-order valence-corrected chi connectivity index (χ1v) is 6.40. The lowest BCUT2D eigenvalue weighted by molar-refractivity contribution is -0.138. The van der Waals surface area contributed by atoms with Crippen molar-refractivity contribution >= 4 is 21.9 Å². The van der Waals surface area contributed by atoms with E-state index in [9.17, 15) is 4.79 Å². The highest BCUT2D eigenvalue weighted by Crippen LogP contribution is 2.23. The van der Waals surface area contributed by atoms with Crippen LogP contribution >= 0.6 is 15.9 Å². The van der Waals surface area contributed by atoms with E-state index in [1.54, 1.807) is 17.0 Å². The molecule has 2 aromatic heterocycles. The van der Waals surface area contributed by atoms with Crippen LogP contribution in [0.15, 0.2) is 25.6 Å². The molecular formula is C11H12BrN3O4. The van der Waals surface area contributed by atoms with Crippen LogP contribution in [0.3, 0.4) is 0 Å². The lowest BCUT2D eigenvalue weighted by Crippen LogP contribution is -2.29. The number of halogens is 1. The van der Waals surface area contributed by atoms with Crippen LogP contribution in [0.4, 0.5) is 0 Å². The molecule has 0 aliphatic carbocycles. The number of carbonyl (C=O) groups is 1. The zero-order valence-corrected chi connectivity index (χ0v) is 11.8. The van der Waals surface area contributed by atoms with E-state index in [0.717, 1.165) is 0 Å². The minimum Gasteiger partial charge on any atom is -0.480 e. The summed E-state index contributed by atoms with van der Waals surface area (Å²) in [6.45, 7) is 2.67. The van der Waals surface area contributed by atoms with E-state index in [4.69, 9.17) is 13.9 Å². The second kappa shape index (κ2) is 5.98. The lowest BCUT2D eigenvalue weighted by Gasteiger charge is -2.14. The standard InChI is InChI=1S/C11H12BrN3O4/c1-2-15(6-10(16)17)5-9-13-14-11(19-9)7-3-4-8(12)18-7/h3-4H,2,5-6H2,1H3,(H,16,17). The predicted molar refractivity (Wildman–Crippen MR) is 68.3 cm³/mol. The molecule has 0 amide bonds. The van der Waals surface area contributed by atoms with Gasteiger partial charge >= 0.3 is 5.97 Å². The molecule has 1 N–H and O–H groups in total. The number of nitrogens with zero attached hydrogens (tertiary/aromatic N) is 3. The van der Waals surface area contributed by atoms with Gasteiger partial charge in [-0.2, -0.15) is 0 Å². The van der Waals surface area contributed by atoms with Crippen LogP contribution < -0.4 is 0 Å². The molecule has 0 radical (unpaired) electrons. The number of furan rings is 1. The van der Waals surface area contributed by atoms with E-state index in [1.807, 2.05) is 6.92 Å². The smallest absolute Gasteiger partial charge is 0.317 e. The van der Waals surface area contributed by atoms with Crippen molar-refractivity contribution in [3.05, 3.63) is 22.7 Å². The molecule has 2 rings (SSSR count). The van der Waals surface area contributed by atoms with Crippen LogP contribution in [0.1, 0.15) is 12.8 Å². The van der Waals surface area contributed by atoms with Gasteiger partial charge in [-0.1, -0.05) is 6.92 Å². The van der Waals surface area contributed by atoms with Crippen LogP contribution in [0, 0.1) is 0 Å². The monoisotopic (exact) mass is 329 g/mol. The van der Waals surface area contributed by atoms with Crippen LogP contribution in [-0.2, 0) is 11.3 Å². The van der Waals surface area contributed by atoms with Crippen LogP contribution in [0.25, 0.3) is 11.7 Å². The number of aliphatic carboxylic acids is 1. The maximum absolute atomic E-state index is 10.7. The first kappa shape index (κ1) is 13.8. The normalized spacial score (nSPS) is 11.1. The van der Waals surface area contributed by atoms with Crippen LogP contribution in [0.2, 0.25) is 0 Å². The molecule has 0 fully saturated rings. The van der Waals surface area contributed by atoms with E-state index in [-0.39, 0.29) is 19.0 Å². The van der Waals surface area contributed by atoms with Crippen LogP contribution in [-0.4, -0.2) is 39.3 Å². The average molecular weight is 330 g/mol. The Balaban J connectivity index is 2.06. The summed E-state index contributed by atoms with van der Waals surface area (Å²) in [4.78, 5) is 12.3. The van der Waals surface area contributed by atoms with Gasteiger partial charge in [0.15, 0.2) is 10.4 Å². The topological polar surface area (TPSA) is 92.6 Å². The van der Waals surface area contributed by atoms with Gasteiger partial charge in [-0.05, 0) is 34.6 Å². The molecule has 19 heavy (non-hydrogen) atoms. The molecule has 2 aromatic rings. The second-order valence-electron chi connectivity index (χ2n) is 3.80. The third-order valence-electron chi connectivity index (χ3n) is 2.42. The van der Waals surface area contributed by atoms with E-state index in [0.29, 0.717) is 22.9 Å². The van der Waals surface area contributed by atoms with Gasteiger partial charge in [0.1, 0.15) is 0 Å². The van der Waals surface area contributed by atoms with Crippen molar-refractivity contribution in [2.75, 3.05) is 13.1 Å². The van der Waals surface area contributed by atoms with E-state index in [1.165, 1.54) is 0 Å². The molecule has 0 saturated carbocycles. The van der Waals surface area contributed by atoms with E-state index >= 15 is 0 Å². The molecule has 102 valence electrons.